The summed E-state index contributed by atoms with van der Waals surface area (Å²) < 4.78 is 6.21. The first-order valence-electron chi connectivity index (χ1n) is 9.79. The Morgan fingerprint density at radius 2 is 1.69 bits per heavy atom. The number of hydrogen-bond donors (Lipinski definition) is 1. The molecule has 3 heteroatoms. The van der Waals surface area contributed by atoms with E-state index in [1.165, 1.54) is 48.1 Å². The zero-order chi connectivity index (χ0) is 17.6. The fourth-order valence-electron chi connectivity index (χ4n) is 3.49. The molecule has 1 saturated carbocycles. The molecule has 1 N–H and O–H groups in total. The Kier molecular flexibility index (Phi) is 5.68. The van der Waals surface area contributed by atoms with Crippen LogP contribution in [0.1, 0.15) is 36.0 Å². The van der Waals surface area contributed by atoms with Gasteiger partial charge in [0.15, 0.2) is 0 Å². The standard InChI is InChI=1S/C23H28N2O/c1-2-5-20(6-3-1)18-26-23(22-11-12-22)21-9-7-19(8-10-21)17-25-15-4-13-24-14-16-25/h1-3,5-10,24H,4,11-18H2. The average Bonchev–Trinajstić information content (AvgIpc) is 3.52. The Morgan fingerprint density at radius 1 is 0.885 bits per heavy atom. The molecule has 2 aromatic carbocycles. The van der Waals surface area contributed by atoms with Crippen molar-refractivity contribution in [2.24, 2.45) is 0 Å². The molecule has 1 aliphatic heterocycles. The van der Waals surface area contributed by atoms with Crippen molar-refractivity contribution in [1.82, 2.24) is 10.2 Å². The molecule has 2 fully saturated rings. The number of rotatable bonds is 6. The second-order valence-electron chi connectivity index (χ2n) is 7.28. The van der Waals surface area contributed by atoms with E-state index in [1.807, 2.05) is 6.07 Å². The average molecular weight is 348 g/mol. The normalized spacial score (nSPS) is 17.6. The Bertz CT molecular complexity index is 723. The lowest BCUT2D eigenvalue weighted by Crippen LogP contribution is -2.27. The van der Waals surface area contributed by atoms with Gasteiger partial charge in [0.05, 0.1) is 0 Å². The summed E-state index contributed by atoms with van der Waals surface area (Å²) in [4.78, 5) is 2.54. The molecule has 1 heterocycles. The van der Waals surface area contributed by atoms with Gasteiger partial charge in [-0.2, -0.15) is 0 Å². The van der Waals surface area contributed by atoms with Gasteiger partial charge in [-0.05, 0) is 49.1 Å². The predicted molar refractivity (Wildman–Crippen MR) is 107 cm³/mol. The summed E-state index contributed by atoms with van der Waals surface area (Å²) in [6.07, 6.45) is 3.58. The van der Waals surface area contributed by atoms with Gasteiger partial charge in [0, 0.05) is 25.2 Å². The van der Waals surface area contributed by atoms with Crippen molar-refractivity contribution in [2.75, 3.05) is 26.2 Å². The highest BCUT2D eigenvalue weighted by atomic mass is 16.5. The third-order valence-corrected chi connectivity index (χ3v) is 5.10. The van der Waals surface area contributed by atoms with Crippen LogP contribution in [0.3, 0.4) is 0 Å². The number of nitrogens with zero attached hydrogens (tertiary/aromatic N) is 1. The Hall–Kier alpha value is -2.10. The molecule has 4 rings (SSSR count). The van der Waals surface area contributed by atoms with Crippen molar-refractivity contribution >= 4 is 5.76 Å². The molecule has 2 aliphatic rings. The number of ether oxygens (including phenoxy) is 1. The second-order valence-corrected chi connectivity index (χ2v) is 7.28. The lowest BCUT2D eigenvalue weighted by atomic mass is 10.1. The molecule has 26 heavy (non-hydrogen) atoms. The lowest BCUT2D eigenvalue weighted by Gasteiger charge is -2.19. The van der Waals surface area contributed by atoms with E-state index in [4.69, 9.17) is 4.74 Å². The van der Waals surface area contributed by atoms with E-state index < -0.39 is 0 Å². The topological polar surface area (TPSA) is 24.5 Å². The van der Waals surface area contributed by atoms with Gasteiger partial charge in [-0.3, -0.25) is 4.90 Å². The molecule has 1 aliphatic carbocycles. The fourth-order valence-corrected chi connectivity index (χ4v) is 3.49. The number of nitrogens with one attached hydrogen (secondary N) is 1. The van der Waals surface area contributed by atoms with Gasteiger partial charge >= 0.3 is 0 Å². The van der Waals surface area contributed by atoms with Gasteiger partial charge in [-0.25, -0.2) is 0 Å². The minimum absolute atomic E-state index is 0.641. The van der Waals surface area contributed by atoms with Crippen molar-refractivity contribution in [3.63, 3.8) is 0 Å². The summed E-state index contributed by atoms with van der Waals surface area (Å²) in [6, 6.07) is 19.4. The summed E-state index contributed by atoms with van der Waals surface area (Å²) in [5, 5.41) is 3.47. The molecule has 1 saturated heterocycles. The van der Waals surface area contributed by atoms with E-state index in [-0.39, 0.29) is 0 Å². The van der Waals surface area contributed by atoms with Crippen LogP contribution in [0.4, 0.5) is 0 Å². The largest absolute Gasteiger partial charge is 0.488 e. The van der Waals surface area contributed by atoms with Crippen molar-refractivity contribution in [3.05, 3.63) is 76.9 Å². The highest BCUT2D eigenvalue weighted by Gasteiger charge is 2.21. The van der Waals surface area contributed by atoms with E-state index in [0.29, 0.717) is 6.61 Å². The van der Waals surface area contributed by atoms with Crippen LogP contribution in [0.25, 0.3) is 5.76 Å². The number of allylic oxidation sites excluding steroid dienone is 1. The van der Waals surface area contributed by atoms with Crippen LogP contribution < -0.4 is 5.32 Å². The first kappa shape index (κ1) is 17.3. The van der Waals surface area contributed by atoms with Crippen LogP contribution in [-0.2, 0) is 17.9 Å². The quantitative estimate of drug-likeness (QED) is 0.792. The molecule has 0 bridgehead atoms. The molecule has 3 nitrogen and oxygen atoms in total. The summed E-state index contributed by atoms with van der Waals surface area (Å²) in [7, 11) is 0. The zero-order valence-electron chi connectivity index (χ0n) is 15.4. The highest BCUT2D eigenvalue weighted by Crippen LogP contribution is 2.37. The zero-order valence-corrected chi connectivity index (χ0v) is 15.4. The third kappa shape index (κ3) is 4.75. The molecule has 0 radical (unpaired) electrons. The van der Waals surface area contributed by atoms with Crippen LogP contribution in [0.5, 0.6) is 0 Å². The minimum Gasteiger partial charge on any atom is -0.488 e. The van der Waals surface area contributed by atoms with Crippen molar-refractivity contribution in [1.29, 1.82) is 0 Å². The van der Waals surface area contributed by atoms with Gasteiger partial charge in [0.1, 0.15) is 12.4 Å². The summed E-state index contributed by atoms with van der Waals surface area (Å²) in [5.41, 5.74) is 5.28. The first-order chi connectivity index (χ1) is 12.9. The number of benzene rings is 2. The number of hydrogen-bond acceptors (Lipinski definition) is 3. The Balaban J connectivity index is 1.40. The van der Waals surface area contributed by atoms with Crippen molar-refractivity contribution in [2.45, 2.75) is 32.4 Å². The maximum absolute atomic E-state index is 6.21. The van der Waals surface area contributed by atoms with Gasteiger partial charge in [0.25, 0.3) is 0 Å². The van der Waals surface area contributed by atoms with E-state index in [9.17, 15) is 0 Å². The smallest absolute Gasteiger partial charge is 0.126 e. The third-order valence-electron chi connectivity index (χ3n) is 5.10. The fraction of sp³-hybridized carbons (Fsp3) is 0.391. The SMILES string of the molecule is c1ccc(COC(=C2CC2)c2ccc(CN3CCCNCC3)cc2)cc1. The van der Waals surface area contributed by atoms with Crippen LogP contribution in [0.15, 0.2) is 60.2 Å². The maximum atomic E-state index is 6.21. The Labute approximate surface area is 156 Å². The Morgan fingerprint density at radius 3 is 2.46 bits per heavy atom. The predicted octanol–water partition coefficient (Wildman–Crippen LogP) is 4.20. The van der Waals surface area contributed by atoms with Crippen LogP contribution >= 0.6 is 0 Å². The second kappa shape index (κ2) is 8.52. The van der Waals surface area contributed by atoms with E-state index >= 15 is 0 Å². The molecule has 0 spiro atoms. The lowest BCUT2D eigenvalue weighted by molar-refractivity contribution is 0.263. The van der Waals surface area contributed by atoms with Crippen LogP contribution in [-0.4, -0.2) is 31.1 Å². The van der Waals surface area contributed by atoms with Crippen LogP contribution in [0.2, 0.25) is 0 Å². The molecule has 0 unspecified atom stereocenters. The molecule has 0 aromatic heterocycles. The maximum Gasteiger partial charge on any atom is 0.126 e. The first-order valence-corrected chi connectivity index (χ1v) is 9.79. The molecule has 0 atom stereocenters. The van der Waals surface area contributed by atoms with E-state index in [1.54, 1.807) is 0 Å². The minimum atomic E-state index is 0.641. The van der Waals surface area contributed by atoms with Gasteiger partial charge < -0.3 is 10.1 Å². The van der Waals surface area contributed by atoms with Gasteiger partial charge in [-0.15, -0.1) is 0 Å². The molecular weight excluding hydrogens is 320 g/mol. The molecular formula is C23H28N2O. The van der Waals surface area contributed by atoms with Crippen LogP contribution in [0, 0.1) is 0 Å². The highest BCUT2D eigenvalue weighted by molar-refractivity contribution is 5.66. The molecule has 136 valence electrons. The molecule has 2 aromatic rings. The van der Waals surface area contributed by atoms with E-state index in [2.05, 4.69) is 58.7 Å². The van der Waals surface area contributed by atoms with Gasteiger partial charge in [-0.1, -0.05) is 54.6 Å². The van der Waals surface area contributed by atoms with Gasteiger partial charge in [0.2, 0.25) is 0 Å². The summed E-state index contributed by atoms with van der Waals surface area (Å²) in [5.74, 6) is 1.10. The van der Waals surface area contributed by atoms with Crippen molar-refractivity contribution < 1.29 is 4.74 Å². The van der Waals surface area contributed by atoms with E-state index in [0.717, 1.165) is 31.9 Å². The molecule has 0 amide bonds. The summed E-state index contributed by atoms with van der Waals surface area (Å²) in [6.45, 7) is 6.25. The monoisotopic (exact) mass is 348 g/mol. The summed E-state index contributed by atoms with van der Waals surface area (Å²) >= 11 is 0. The van der Waals surface area contributed by atoms with Crippen molar-refractivity contribution in [3.8, 4) is 0 Å².